The smallest absolute Gasteiger partial charge is 0.286 e. The molecule has 1 aromatic heterocycles. The fourth-order valence-electron chi connectivity index (χ4n) is 2.13. The van der Waals surface area contributed by atoms with Crippen molar-refractivity contribution in [2.24, 2.45) is 5.73 Å². The van der Waals surface area contributed by atoms with Gasteiger partial charge in [0.25, 0.3) is 5.91 Å². The lowest BCUT2D eigenvalue weighted by molar-refractivity contribution is 0.0989. The van der Waals surface area contributed by atoms with Crippen LogP contribution in [0.1, 0.15) is 53.6 Å². The summed E-state index contributed by atoms with van der Waals surface area (Å²) >= 11 is 0. The number of amides is 1. The Balaban J connectivity index is 2.34. The van der Waals surface area contributed by atoms with Crippen molar-refractivity contribution in [3.05, 3.63) is 23.3 Å². The van der Waals surface area contributed by atoms with Crippen molar-refractivity contribution in [1.82, 2.24) is 9.97 Å². The minimum Gasteiger partial charge on any atom is -0.363 e. The van der Waals surface area contributed by atoms with E-state index in [1.165, 1.54) is 12.8 Å². The number of rotatable bonds is 2. The van der Waals surface area contributed by atoms with Crippen LogP contribution in [0.4, 0.5) is 0 Å². The molecule has 1 heterocycles. The molecule has 4 nitrogen and oxygen atoms in total. The second-order valence-electron chi connectivity index (χ2n) is 4.10. The van der Waals surface area contributed by atoms with Gasteiger partial charge in [0.15, 0.2) is 0 Å². The summed E-state index contributed by atoms with van der Waals surface area (Å²) in [7, 11) is 0. The van der Waals surface area contributed by atoms with E-state index in [0.29, 0.717) is 5.92 Å². The number of carbonyl (C=O) groups is 1. The summed E-state index contributed by atoms with van der Waals surface area (Å²) in [5, 5.41) is 0. The molecule has 1 amide bonds. The standard InChI is InChI=1S/C11H15N3O/c1-7-6-9(8-4-2-3-5-8)14-11(13-7)10(12)15/h6,8H,2-5H2,1H3,(H2,12,15). The minimum atomic E-state index is -0.544. The SMILES string of the molecule is Cc1cc(C2CCCC2)nc(C(N)=O)n1. The molecule has 1 aliphatic carbocycles. The van der Waals surface area contributed by atoms with E-state index in [1.54, 1.807) is 0 Å². The van der Waals surface area contributed by atoms with Gasteiger partial charge in [0, 0.05) is 17.3 Å². The van der Waals surface area contributed by atoms with Gasteiger partial charge in [0.1, 0.15) is 0 Å². The molecule has 1 fully saturated rings. The predicted octanol–water partition coefficient (Wildman–Crippen LogP) is 1.54. The molecule has 0 spiro atoms. The third-order valence-electron chi connectivity index (χ3n) is 2.87. The van der Waals surface area contributed by atoms with E-state index in [9.17, 15) is 4.79 Å². The summed E-state index contributed by atoms with van der Waals surface area (Å²) in [6.45, 7) is 1.87. The number of hydrogen-bond donors (Lipinski definition) is 1. The molecular weight excluding hydrogens is 190 g/mol. The maximum atomic E-state index is 11.0. The first kappa shape index (κ1) is 10.1. The first-order valence-electron chi connectivity index (χ1n) is 5.32. The Bertz CT molecular complexity index is 383. The Morgan fingerprint density at radius 3 is 2.67 bits per heavy atom. The zero-order chi connectivity index (χ0) is 10.8. The highest BCUT2D eigenvalue weighted by atomic mass is 16.1. The topological polar surface area (TPSA) is 68.9 Å². The van der Waals surface area contributed by atoms with Crippen LogP contribution in [0.5, 0.6) is 0 Å². The number of hydrogen-bond acceptors (Lipinski definition) is 3. The van der Waals surface area contributed by atoms with Crippen LogP contribution < -0.4 is 5.73 Å². The van der Waals surface area contributed by atoms with Crippen LogP contribution in [0.25, 0.3) is 0 Å². The fraction of sp³-hybridized carbons (Fsp3) is 0.545. The second kappa shape index (κ2) is 3.96. The zero-order valence-electron chi connectivity index (χ0n) is 8.86. The number of aromatic nitrogens is 2. The normalized spacial score (nSPS) is 16.9. The van der Waals surface area contributed by atoms with Crippen molar-refractivity contribution in [3.8, 4) is 0 Å². The summed E-state index contributed by atoms with van der Waals surface area (Å²) in [4.78, 5) is 19.3. The van der Waals surface area contributed by atoms with Gasteiger partial charge >= 0.3 is 0 Å². The number of nitrogens with zero attached hydrogens (tertiary/aromatic N) is 2. The lowest BCUT2D eigenvalue weighted by Crippen LogP contribution is -2.17. The molecule has 0 radical (unpaired) electrons. The van der Waals surface area contributed by atoms with E-state index in [1.807, 2.05) is 13.0 Å². The molecule has 2 N–H and O–H groups in total. The molecular formula is C11H15N3O. The van der Waals surface area contributed by atoms with E-state index >= 15 is 0 Å². The molecule has 1 saturated carbocycles. The highest BCUT2D eigenvalue weighted by Gasteiger charge is 2.20. The van der Waals surface area contributed by atoms with Gasteiger partial charge in [-0.15, -0.1) is 0 Å². The van der Waals surface area contributed by atoms with Gasteiger partial charge in [-0.1, -0.05) is 12.8 Å². The summed E-state index contributed by atoms with van der Waals surface area (Å²) in [6, 6.07) is 1.96. The van der Waals surface area contributed by atoms with E-state index in [-0.39, 0.29) is 5.82 Å². The van der Waals surface area contributed by atoms with Gasteiger partial charge in [0.2, 0.25) is 5.82 Å². The van der Waals surface area contributed by atoms with Crippen molar-refractivity contribution in [2.45, 2.75) is 38.5 Å². The Kier molecular flexibility index (Phi) is 2.66. The molecule has 1 aromatic rings. The average Bonchev–Trinajstić information content (AvgIpc) is 2.69. The molecule has 0 bridgehead atoms. The largest absolute Gasteiger partial charge is 0.363 e. The molecule has 4 heteroatoms. The van der Waals surface area contributed by atoms with Crippen molar-refractivity contribution >= 4 is 5.91 Å². The molecule has 15 heavy (non-hydrogen) atoms. The average molecular weight is 205 g/mol. The maximum Gasteiger partial charge on any atom is 0.286 e. The fourth-order valence-corrected chi connectivity index (χ4v) is 2.13. The Morgan fingerprint density at radius 2 is 2.07 bits per heavy atom. The number of aryl methyl sites for hydroxylation is 1. The summed E-state index contributed by atoms with van der Waals surface area (Å²) in [5.41, 5.74) is 6.99. The third-order valence-corrected chi connectivity index (χ3v) is 2.87. The molecule has 2 rings (SSSR count). The molecule has 0 aliphatic heterocycles. The molecule has 1 aliphatic rings. The zero-order valence-corrected chi connectivity index (χ0v) is 8.86. The van der Waals surface area contributed by atoms with Crippen LogP contribution in [-0.4, -0.2) is 15.9 Å². The Morgan fingerprint density at radius 1 is 1.40 bits per heavy atom. The van der Waals surface area contributed by atoms with Crippen LogP contribution in [0.2, 0.25) is 0 Å². The lowest BCUT2D eigenvalue weighted by atomic mass is 10.0. The third kappa shape index (κ3) is 2.14. The highest BCUT2D eigenvalue weighted by molar-refractivity contribution is 5.88. The lowest BCUT2D eigenvalue weighted by Gasteiger charge is -2.09. The van der Waals surface area contributed by atoms with Crippen LogP contribution in [0.15, 0.2) is 6.07 Å². The summed E-state index contributed by atoms with van der Waals surface area (Å²) in [6.07, 6.45) is 4.82. The molecule has 0 atom stereocenters. The van der Waals surface area contributed by atoms with E-state index in [4.69, 9.17) is 5.73 Å². The monoisotopic (exact) mass is 205 g/mol. The van der Waals surface area contributed by atoms with Gasteiger partial charge in [-0.25, -0.2) is 9.97 Å². The second-order valence-corrected chi connectivity index (χ2v) is 4.10. The van der Waals surface area contributed by atoms with E-state index in [2.05, 4.69) is 9.97 Å². The van der Waals surface area contributed by atoms with Crippen molar-refractivity contribution in [2.75, 3.05) is 0 Å². The first-order chi connectivity index (χ1) is 7.16. The molecule has 80 valence electrons. The van der Waals surface area contributed by atoms with Crippen molar-refractivity contribution in [1.29, 1.82) is 0 Å². The van der Waals surface area contributed by atoms with Gasteiger partial charge in [-0.3, -0.25) is 4.79 Å². The summed E-state index contributed by atoms with van der Waals surface area (Å²) < 4.78 is 0. The maximum absolute atomic E-state index is 11.0. The minimum absolute atomic E-state index is 0.150. The van der Waals surface area contributed by atoms with Crippen molar-refractivity contribution in [3.63, 3.8) is 0 Å². The van der Waals surface area contributed by atoms with E-state index < -0.39 is 5.91 Å². The predicted molar refractivity (Wildman–Crippen MR) is 56.5 cm³/mol. The van der Waals surface area contributed by atoms with Crippen LogP contribution in [-0.2, 0) is 0 Å². The molecule has 0 aromatic carbocycles. The molecule has 0 unspecified atom stereocenters. The van der Waals surface area contributed by atoms with Crippen LogP contribution in [0, 0.1) is 6.92 Å². The Labute approximate surface area is 88.9 Å². The summed E-state index contributed by atoms with van der Waals surface area (Å²) in [5.74, 6) is 0.0969. The van der Waals surface area contributed by atoms with Crippen LogP contribution in [0.3, 0.4) is 0 Å². The van der Waals surface area contributed by atoms with Gasteiger partial charge < -0.3 is 5.73 Å². The molecule has 0 saturated heterocycles. The first-order valence-corrected chi connectivity index (χ1v) is 5.32. The Hall–Kier alpha value is -1.45. The highest BCUT2D eigenvalue weighted by Crippen LogP contribution is 2.32. The van der Waals surface area contributed by atoms with Crippen LogP contribution >= 0.6 is 0 Å². The number of primary amides is 1. The number of carbonyl (C=O) groups excluding carboxylic acids is 1. The van der Waals surface area contributed by atoms with Gasteiger partial charge in [-0.05, 0) is 25.8 Å². The van der Waals surface area contributed by atoms with Gasteiger partial charge in [0.05, 0.1) is 0 Å². The van der Waals surface area contributed by atoms with Gasteiger partial charge in [-0.2, -0.15) is 0 Å². The quantitative estimate of drug-likeness (QED) is 0.796. The van der Waals surface area contributed by atoms with Crippen molar-refractivity contribution < 1.29 is 4.79 Å². The number of nitrogens with two attached hydrogens (primary N) is 1. The van der Waals surface area contributed by atoms with E-state index in [0.717, 1.165) is 24.2 Å².